The van der Waals surface area contributed by atoms with Crippen molar-refractivity contribution in [2.45, 2.75) is 36.2 Å². The fourth-order valence-electron chi connectivity index (χ4n) is 4.07. The van der Waals surface area contributed by atoms with Crippen LogP contribution in [0.2, 0.25) is 0 Å². The number of hydrogen-bond acceptors (Lipinski definition) is 10. The van der Waals surface area contributed by atoms with Gasteiger partial charge in [-0.25, -0.2) is 9.59 Å². The first-order valence-electron chi connectivity index (χ1n) is 12.5. The van der Waals surface area contributed by atoms with E-state index in [-0.39, 0.29) is 16.7 Å². The molecule has 0 saturated carbocycles. The average molecular weight is 624 g/mol. The molecule has 43 heavy (non-hydrogen) atoms. The van der Waals surface area contributed by atoms with Gasteiger partial charge in [0.1, 0.15) is 24.9 Å². The first-order chi connectivity index (χ1) is 20.4. The summed E-state index contributed by atoms with van der Waals surface area (Å²) < 4.78 is 85.0. The summed E-state index contributed by atoms with van der Waals surface area (Å²) in [7, 11) is -6.38. The van der Waals surface area contributed by atoms with Gasteiger partial charge in [0.25, 0.3) is 5.91 Å². The maximum absolute atomic E-state index is 13.4. The molecule has 0 aromatic heterocycles. The molecule has 5 atom stereocenters. The third kappa shape index (κ3) is 7.75. The molecule has 0 bridgehead atoms. The van der Waals surface area contributed by atoms with Crippen molar-refractivity contribution in [3.05, 3.63) is 108 Å². The third-order valence-corrected chi connectivity index (χ3v) is 7.20. The number of hydrogen-bond donors (Lipinski definition) is 2. The summed E-state index contributed by atoms with van der Waals surface area (Å²) in [4.78, 5) is 38.5. The van der Waals surface area contributed by atoms with Gasteiger partial charge in [0.2, 0.25) is 0 Å². The highest BCUT2D eigenvalue weighted by Gasteiger charge is 2.56. The Morgan fingerprint density at radius 1 is 0.791 bits per heavy atom. The Bertz CT molecular complexity index is 1520. The number of alkyl halides is 3. The summed E-state index contributed by atoms with van der Waals surface area (Å²) in [6.07, 6.45) is -8.51. The van der Waals surface area contributed by atoms with Gasteiger partial charge in [-0.05, 0) is 36.4 Å². The third-order valence-electron chi connectivity index (χ3n) is 6.16. The predicted octanol–water partition coefficient (Wildman–Crippen LogP) is 2.82. The molecule has 4 rings (SSSR count). The number of aliphatic hydroxyl groups excluding tert-OH is 1. The number of amides is 1. The summed E-state index contributed by atoms with van der Waals surface area (Å²) in [6, 6.07) is 20.0. The molecule has 0 spiro atoms. The second-order valence-corrected chi connectivity index (χ2v) is 10.7. The maximum Gasteiger partial charge on any atom is 0.523 e. The zero-order chi connectivity index (χ0) is 31.2. The number of esters is 2. The van der Waals surface area contributed by atoms with Crippen LogP contribution in [0.5, 0.6) is 0 Å². The average Bonchev–Trinajstić information content (AvgIpc) is 2.99. The highest BCUT2D eigenvalue weighted by atomic mass is 32.2. The van der Waals surface area contributed by atoms with Crippen molar-refractivity contribution in [1.82, 2.24) is 5.32 Å². The Morgan fingerprint density at radius 3 is 1.79 bits per heavy atom. The molecule has 3 aromatic carbocycles. The first kappa shape index (κ1) is 31.6. The lowest BCUT2D eigenvalue weighted by Crippen LogP contribution is -2.66. The number of halogens is 3. The van der Waals surface area contributed by atoms with Gasteiger partial charge in [0, 0.05) is 5.56 Å². The van der Waals surface area contributed by atoms with Crippen LogP contribution in [-0.2, 0) is 28.5 Å². The first-order valence-corrected chi connectivity index (χ1v) is 14.0. The molecule has 1 aliphatic rings. The molecule has 2 N–H and O–H groups in total. The predicted molar refractivity (Wildman–Crippen MR) is 141 cm³/mol. The second-order valence-electron chi connectivity index (χ2n) is 9.09. The van der Waals surface area contributed by atoms with Crippen molar-refractivity contribution in [1.29, 1.82) is 0 Å². The van der Waals surface area contributed by atoms with Gasteiger partial charge in [0.05, 0.1) is 11.1 Å². The summed E-state index contributed by atoms with van der Waals surface area (Å²) in [5.74, 6) is -2.99. The largest absolute Gasteiger partial charge is 0.523 e. The van der Waals surface area contributed by atoms with E-state index in [1.165, 1.54) is 72.8 Å². The van der Waals surface area contributed by atoms with E-state index in [1.54, 1.807) is 18.2 Å². The van der Waals surface area contributed by atoms with Crippen LogP contribution in [0.25, 0.3) is 0 Å². The molecular formula is C28H24F3NO10S. The molecule has 1 heterocycles. The topological polar surface area (TPSA) is 155 Å². The highest BCUT2D eigenvalue weighted by Crippen LogP contribution is 2.33. The zero-order valence-corrected chi connectivity index (χ0v) is 22.7. The van der Waals surface area contributed by atoms with Crippen LogP contribution in [0.15, 0.2) is 91.0 Å². The molecule has 1 fully saturated rings. The summed E-state index contributed by atoms with van der Waals surface area (Å²) in [5, 5.41) is 13.2. The van der Waals surface area contributed by atoms with E-state index in [2.05, 4.69) is 9.50 Å². The standard InChI is InChI=1S/C28H24F3NO10S/c29-28(30,31)43(37,38)42-22-20(16-39-25(34)18-12-6-2-7-13-18)40-27(36)21(32-24(33)17-10-4-1-5-11-17)23(22)41-26(35)19-14-8-3-9-15-19/h1-15,20-23,27,36H,16H2,(H,32,33)/t20-,21-,22+,23-,27+/m1/s1. The minimum atomic E-state index is -6.38. The number of nitrogens with one attached hydrogen (secondary N) is 1. The number of benzene rings is 3. The lowest BCUT2D eigenvalue weighted by atomic mass is 9.96. The minimum Gasteiger partial charge on any atom is -0.459 e. The Balaban J connectivity index is 1.71. The number of carbonyl (C=O) groups excluding carboxylic acids is 3. The van der Waals surface area contributed by atoms with E-state index in [0.29, 0.717) is 0 Å². The van der Waals surface area contributed by atoms with Crippen molar-refractivity contribution in [3.63, 3.8) is 0 Å². The van der Waals surface area contributed by atoms with E-state index in [9.17, 15) is 41.1 Å². The Labute approximate surface area is 243 Å². The summed E-state index contributed by atoms with van der Waals surface area (Å²) >= 11 is 0. The summed E-state index contributed by atoms with van der Waals surface area (Å²) in [6.45, 7) is -0.943. The van der Waals surface area contributed by atoms with Crippen molar-refractivity contribution >= 4 is 28.0 Å². The molecule has 0 aliphatic carbocycles. The SMILES string of the molecule is O=C(N[C@@H]1[C@@H](OC(=O)c2ccccc2)[C@@H](OS(=O)(=O)C(F)(F)F)[C@@H](COC(=O)c2ccccc2)O[C@@H]1O)c1ccccc1. The molecule has 0 unspecified atom stereocenters. The quantitative estimate of drug-likeness (QED) is 0.207. The number of ether oxygens (including phenoxy) is 3. The fourth-order valence-corrected chi connectivity index (χ4v) is 4.71. The van der Waals surface area contributed by atoms with Crippen LogP contribution >= 0.6 is 0 Å². The number of aliphatic hydroxyl groups is 1. The monoisotopic (exact) mass is 623 g/mol. The van der Waals surface area contributed by atoms with Crippen LogP contribution in [0.3, 0.4) is 0 Å². The molecule has 1 amide bonds. The second kappa shape index (κ2) is 13.3. The molecule has 1 aliphatic heterocycles. The number of carbonyl (C=O) groups is 3. The van der Waals surface area contributed by atoms with Gasteiger partial charge < -0.3 is 24.6 Å². The maximum atomic E-state index is 13.4. The number of rotatable bonds is 9. The lowest BCUT2D eigenvalue weighted by Gasteiger charge is -2.43. The van der Waals surface area contributed by atoms with Gasteiger partial charge in [-0.3, -0.25) is 8.98 Å². The smallest absolute Gasteiger partial charge is 0.459 e. The Kier molecular flexibility index (Phi) is 9.80. The molecule has 228 valence electrons. The minimum absolute atomic E-state index is 0.0410. The van der Waals surface area contributed by atoms with Crippen molar-refractivity contribution in [2.24, 2.45) is 0 Å². The van der Waals surface area contributed by atoms with Crippen LogP contribution in [0.1, 0.15) is 31.1 Å². The van der Waals surface area contributed by atoms with E-state index in [0.717, 1.165) is 0 Å². The summed E-state index contributed by atoms with van der Waals surface area (Å²) in [5.41, 5.74) is -5.94. The van der Waals surface area contributed by atoms with Crippen LogP contribution in [-0.4, -0.2) is 74.1 Å². The van der Waals surface area contributed by atoms with E-state index in [1.807, 2.05) is 0 Å². The lowest BCUT2D eigenvalue weighted by molar-refractivity contribution is -0.247. The molecule has 0 radical (unpaired) electrons. The van der Waals surface area contributed by atoms with Crippen molar-refractivity contribution in [3.8, 4) is 0 Å². The van der Waals surface area contributed by atoms with E-state index < -0.39 is 70.7 Å². The Morgan fingerprint density at radius 2 is 1.28 bits per heavy atom. The molecule has 15 heteroatoms. The molecule has 3 aromatic rings. The van der Waals surface area contributed by atoms with Gasteiger partial charge in [-0.1, -0.05) is 54.6 Å². The molecule has 11 nitrogen and oxygen atoms in total. The van der Waals surface area contributed by atoms with Gasteiger partial charge in [-0.2, -0.15) is 21.6 Å². The van der Waals surface area contributed by atoms with Crippen LogP contribution in [0, 0.1) is 0 Å². The molecular weight excluding hydrogens is 599 g/mol. The van der Waals surface area contributed by atoms with Crippen LogP contribution in [0.4, 0.5) is 13.2 Å². The highest BCUT2D eigenvalue weighted by molar-refractivity contribution is 7.87. The fraction of sp³-hybridized carbons (Fsp3) is 0.250. The van der Waals surface area contributed by atoms with Gasteiger partial charge in [0.15, 0.2) is 12.4 Å². The van der Waals surface area contributed by atoms with Gasteiger partial charge in [-0.15, -0.1) is 0 Å². The normalized spacial score (nSPS) is 22.3. The molecule has 1 saturated heterocycles. The Hall–Kier alpha value is -4.31. The van der Waals surface area contributed by atoms with E-state index in [4.69, 9.17) is 14.2 Å². The zero-order valence-electron chi connectivity index (χ0n) is 21.9. The van der Waals surface area contributed by atoms with Crippen molar-refractivity contribution < 1.29 is 59.5 Å². The van der Waals surface area contributed by atoms with E-state index >= 15 is 0 Å². The van der Waals surface area contributed by atoms with Gasteiger partial charge >= 0.3 is 27.6 Å². The van der Waals surface area contributed by atoms with Crippen LogP contribution < -0.4 is 5.32 Å². The van der Waals surface area contributed by atoms with Crippen molar-refractivity contribution in [2.75, 3.05) is 6.61 Å².